The Labute approximate surface area is 136 Å². The molecule has 1 aliphatic carbocycles. The number of hydrogen-bond donors (Lipinski definition) is 2. The van der Waals surface area contributed by atoms with E-state index in [1.165, 1.54) is 12.8 Å². The Morgan fingerprint density at radius 3 is 2.50 bits per heavy atom. The van der Waals surface area contributed by atoms with Gasteiger partial charge < -0.3 is 15.4 Å². The van der Waals surface area contributed by atoms with E-state index in [9.17, 15) is 9.00 Å². The molecule has 1 saturated carbocycles. The predicted molar refractivity (Wildman–Crippen MR) is 89.4 cm³/mol. The van der Waals surface area contributed by atoms with Crippen molar-refractivity contribution in [2.75, 3.05) is 18.1 Å². The Morgan fingerprint density at radius 1 is 1.18 bits per heavy atom. The molecule has 2 unspecified atom stereocenters. The molecule has 2 aliphatic rings. The van der Waals surface area contributed by atoms with E-state index in [-0.39, 0.29) is 6.09 Å². The van der Waals surface area contributed by atoms with Crippen LogP contribution in [0.15, 0.2) is 0 Å². The van der Waals surface area contributed by atoms with E-state index >= 15 is 0 Å². The van der Waals surface area contributed by atoms with Crippen LogP contribution in [0.1, 0.15) is 52.9 Å². The molecule has 0 aromatic carbocycles. The van der Waals surface area contributed by atoms with E-state index in [0.29, 0.717) is 24.5 Å². The van der Waals surface area contributed by atoms with E-state index in [2.05, 4.69) is 10.6 Å². The van der Waals surface area contributed by atoms with Crippen LogP contribution in [-0.2, 0) is 15.5 Å². The molecule has 1 amide bonds. The number of nitrogens with one attached hydrogen (secondary N) is 2. The summed E-state index contributed by atoms with van der Waals surface area (Å²) >= 11 is 0. The quantitative estimate of drug-likeness (QED) is 0.829. The van der Waals surface area contributed by atoms with Gasteiger partial charge in [-0.2, -0.15) is 0 Å². The molecule has 128 valence electrons. The van der Waals surface area contributed by atoms with Gasteiger partial charge in [-0.1, -0.05) is 6.42 Å². The Kier molecular flexibility index (Phi) is 6.26. The van der Waals surface area contributed by atoms with Gasteiger partial charge in [0, 0.05) is 40.9 Å². The highest BCUT2D eigenvalue weighted by Crippen LogP contribution is 2.26. The van der Waals surface area contributed by atoms with Crippen LogP contribution in [0.3, 0.4) is 0 Å². The molecule has 0 aromatic heterocycles. The third-order valence-corrected chi connectivity index (χ3v) is 5.79. The number of carbonyl (C=O) groups is 1. The van der Waals surface area contributed by atoms with Crippen LogP contribution in [0.25, 0.3) is 0 Å². The molecule has 1 saturated heterocycles. The summed E-state index contributed by atoms with van der Waals surface area (Å²) in [6.07, 6.45) is 5.21. The van der Waals surface area contributed by atoms with Gasteiger partial charge in [0.2, 0.25) is 0 Å². The molecule has 0 aromatic rings. The molecule has 2 N–H and O–H groups in total. The number of carbonyl (C=O) groups excluding carboxylic acids is 1. The van der Waals surface area contributed by atoms with Crippen molar-refractivity contribution in [2.45, 2.75) is 70.6 Å². The highest BCUT2D eigenvalue weighted by molar-refractivity contribution is 7.85. The Morgan fingerprint density at radius 2 is 1.86 bits per heavy atom. The minimum absolute atomic E-state index is 0.328. The minimum Gasteiger partial charge on any atom is -0.444 e. The molecule has 2 atom stereocenters. The summed E-state index contributed by atoms with van der Waals surface area (Å²) in [5.74, 6) is 2.12. The SMILES string of the molecule is CC(C)(C)OC(=O)NCC1CCCC1NC1CCS(=O)CC1. The average Bonchev–Trinajstić information content (AvgIpc) is 2.84. The summed E-state index contributed by atoms with van der Waals surface area (Å²) in [5, 5.41) is 6.64. The van der Waals surface area contributed by atoms with Gasteiger partial charge in [0.05, 0.1) is 0 Å². The van der Waals surface area contributed by atoms with E-state index in [1.807, 2.05) is 20.8 Å². The second kappa shape index (κ2) is 7.77. The van der Waals surface area contributed by atoms with Crippen LogP contribution in [0.5, 0.6) is 0 Å². The van der Waals surface area contributed by atoms with E-state index in [0.717, 1.165) is 30.8 Å². The molecular weight excluding hydrogens is 300 g/mol. The Hall–Kier alpha value is -0.620. The molecule has 1 heterocycles. The average molecular weight is 330 g/mol. The fourth-order valence-electron chi connectivity index (χ4n) is 3.29. The number of amides is 1. The zero-order valence-electron chi connectivity index (χ0n) is 14.0. The van der Waals surface area contributed by atoms with Crippen LogP contribution < -0.4 is 10.6 Å². The maximum absolute atomic E-state index is 11.8. The summed E-state index contributed by atoms with van der Waals surface area (Å²) in [6, 6.07) is 0.955. The fourth-order valence-corrected chi connectivity index (χ4v) is 4.59. The smallest absolute Gasteiger partial charge is 0.407 e. The lowest BCUT2D eigenvalue weighted by atomic mass is 10.0. The zero-order valence-corrected chi connectivity index (χ0v) is 14.8. The zero-order chi connectivity index (χ0) is 16.2. The van der Waals surface area contributed by atoms with Crippen LogP contribution in [-0.4, -0.2) is 46.0 Å². The largest absolute Gasteiger partial charge is 0.444 e. The van der Waals surface area contributed by atoms with Gasteiger partial charge in [-0.05, 0) is 52.4 Å². The summed E-state index contributed by atoms with van der Waals surface area (Å²) in [4.78, 5) is 11.8. The second-order valence-electron chi connectivity index (χ2n) is 7.47. The maximum atomic E-state index is 11.8. The fraction of sp³-hybridized carbons (Fsp3) is 0.938. The maximum Gasteiger partial charge on any atom is 0.407 e. The van der Waals surface area contributed by atoms with Crippen molar-refractivity contribution in [3.8, 4) is 0 Å². The van der Waals surface area contributed by atoms with Gasteiger partial charge in [-0.3, -0.25) is 4.21 Å². The predicted octanol–water partition coefficient (Wildman–Crippen LogP) is 2.18. The Balaban J connectivity index is 1.73. The van der Waals surface area contributed by atoms with Crippen molar-refractivity contribution >= 4 is 16.9 Å². The van der Waals surface area contributed by atoms with Crippen molar-refractivity contribution in [1.29, 1.82) is 0 Å². The van der Waals surface area contributed by atoms with Gasteiger partial charge in [0.15, 0.2) is 0 Å². The third kappa shape index (κ3) is 5.88. The summed E-state index contributed by atoms with van der Waals surface area (Å²) in [5.41, 5.74) is -0.449. The first kappa shape index (κ1) is 17.7. The van der Waals surface area contributed by atoms with Crippen molar-refractivity contribution in [3.05, 3.63) is 0 Å². The molecule has 6 heteroatoms. The number of hydrogen-bond acceptors (Lipinski definition) is 4. The van der Waals surface area contributed by atoms with Crippen molar-refractivity contribution < 1.29 is 13.7 Å². The van der Waals surface area contributed by atoms with E-state index in [4.69, 9.17) is 4.74 Å². The van der Waals surface area contributed by atoms with Gasteiger partial charge in [0.25, 0.3) is 0 Å². The first-order valence-electron chi connectivity index (χ1n) is 8.41. The van der Waals surface area contributed by atoms with Crippen LogP contribution in [0, 0.1) is 5.92 Å². The standard InChI is InChI=1S/C16H30N2O3S/c1-16(2,3)21-15(19)17-11-12-5-4-6-14(12)18-13-7-9-22(20)10-8-13/h12-14,18H,4-11H2,1-3H3,(H,17,19). The third-order valence-electron chi connectivity index (χ3n) is 4.40. The number of ether oxygens (including phenoxy) is 1. The lowest BCUT2D eigenvalue weighted by molar-refractivity contribution is 0.0517. The van der Waals surface area contributed by atoms with Crippen molar-refractivity contribution in [3.63, 3.8) is 0 Å². The molecular formula is C16H30N2O3S. The molecule has 0 spiro atoms. The van der Waals surface area contributed by atoms with Gasteiger partial charge >= 0.3 is 6.09 Å². The highest BCUT2D eigenvalue weighted by Gasteiger charge is 2.30. The van der Waals surface area contributed by atoms with Gasteiger partial charge in [-0.15, -0.1) is 0 Å². The molecule has 2 fully saturated rings. The van der Waals surface area contributed by atoms with Crippen LogP contribution >= 0.6 is 0 Å². The first-order valence-corrected chi connectivity index (χ1v) is 9.90. The molecule has 2 rings (SSSR count). The monoisotopic (exact) mass is 330 g/mol. The summed E-state index contributed by atoms with van der Waals surface area (Å²) < 4.78 is 16.7. The molecule has 0 radical (unpaired) electrons. The van der Waals surface area contributed by atoms with Crippen LogP contribution in [0.4, 0.5) is 4.79 Å². The highest BCUT2D eigenvalue weighted by atomic mass is 32.2. The summed E-state index contributed by atoms with van der Waals surface area (Å²) in [7, 11) is -0.606. The minimum atomic E-state index is -0.606. The lowest BCUT2D eigenvalue weighted by Crippen LogP contribution is -2.46. The van der Waals surface area contributed by atoms with Gasteiger partial charge in [0.1, 0.15) is 5.60 Å². The number of alkyl carbamates (subject to hydrolysis) is 1. The van der Waals surface area contributed by atoms with Gasteiger partial charge in [-0.25, -0.2) is 4.79 Å². The van der Waals surface area contributed by atoms with E-state index < -0.39 is 16.4 Å². The summed E-state index contributed by atoms with van der Waals surface area (Å²) in [6.45, 7) is 6.30. The molecule has 0 bridgehead atoms. The second-order valence-corrected chi connectivity index (χ2v) is 9.17. The Bertz CT molecular complexity index is 399. The molecule has 22 heavy (non-hydrogen) atoms. The lowest BCUT2D eigenvalue weighted by Gasteiger charge is -2.29. The topological polar surface area (TPSA) is 67.4 Å². The van der Waals surface area contributed by atoms with Crippen molar-refractivity contribution in [1.82, 2.24) is 10.6 Å². The first-order chi connectivity index (χ1) is 10.3. The molecule has 5 nitrogen and oxygen atoms in total. The molecule has 1 aliphatic heterocycles. The van der Waals surface area contributed by atoms with Crippen LogP contribution in [0.2, 0.25) is 0 Å². The normalized spacial score (nSPS) is 32.7. The van der Waals surface area contributed by atoms with E-state index in [1.54, 1.807) is 0 Å². The van der Waals surface area contributed by atoms with Crippen molar-refractivity contribution in [2.24, 2.45) is 5.92 Å². The number of rotatable bonds is 4.